The smallest absolute Gasteiger partial charge is 0.290 e. The number of nitrogens with one attached hydrogen (secondary N) is 1. The highest BCUT2D eigenvalue weighted by atomic mass is 32.2. The molecule has 1 N–H and O–H groups in total. The molecule has 8 nitrogen and oxygen atoms in total. The van der Waals surface area contributed by atoms with Gasteiger partial charge in [-0.05, 0) is 25.0 Å². The molecule has 0 bridgehead atoms. The van der Waals surface area contributed by atoms with Crippen molar-refractivity contribution in [3.8, 4) is 11.3 Å². The van der Waals surface area contributed by atoms with Gasteiger partial charge in [0.25, 0.3) is 5.92 Å². The van der Waals surface area contributed by atoms with Gasteiger partial charge >= 0.3 is 0 Å². The first-order chi connectivity index (χ1) is 15.3. The minimum atomic E-state index is -3.81. The second-order valence-corrected chi connectivity index (χ2v) is 12.6. The lowest BCUT2D eigenvalue weighted by Gasteiger charge is -2.42. The van der Waals surface area contributed by atoms with Crippen molar-refractivity contribution in [1.82, 2.24) is 14.7 Å². The number of nitrogens with zero attached hydrogens (tertiary/aromatic N) is 3. The largest absolute Gasteiger partial charge is 0.332 e. The van der Waals surface area contributed by atoms with Crippen molar-refractivity contribution in [2.75, 3.05) is 23.5 Å². The fourth-order valence-corrected chi connectivity index (χ4v) is 7.19. The maximum absolute atomic E-state index is 14.6. The van der Waals surface area contributed by atoms with Crippen molar-refractivity contribution in [2.45, 2.75) is 48.8 Å². The van der Waals surface area contributed by atoms with E-state index >= 15 is 0 Å². The van der Waals surface area contributed by atoms with Gasteiger partial charge < -0.3 is 4.90 Å². The summed E-state index contributed by atoms with van der Waals surface area (Å²) in [5.74, 6) is -3.63. The molecule has 1 aromatic heterocycles. The Morgan fingerprint density at radius 2 is 1.97 bits per heavy atom. The third kappa shape index (κ3) is 3.69. The molecule has 1 aliphatic carbocycles. The molecule has 3 aliphatic rings. The Kier molecular flexibility index (Phi) is 4.87. The lowest BCUT2D eigenvalue weighted by Crippen LogP contribution is -2.57. The van der Waals surface area contributed by atoms with E-state index in [1.807, 2.05) is 0 Å². The molecule has 0 saturated carbocycles. The van der Waals surface area contributed by atoms with E-state index in [0.717, 1.165) is 6.26 Å². The van der Waals surface area contributed by atoms with Gasteiger partial charge in [-0.2, -0.15) is 8.78 Å². The molecule has 2 aliphatic heterocycles. The van der Waals surface area contributed by atoms with Gasteiger partial charge in [-0.1, -0.05) is 12.1 Å². The monoisotopic (exact) mass is 502 g/mol. The average molecular weight is 503 g/mol. The second kappa shape index (κ2) is 7.12. The van der Waals surface area contributed by atoms with E-state index in [0.29, 0.717) is 5.56 Å². The predicted molar refractivity (Wildman–Crippen MR) is 114 cm³/mol. The SMILES string of the molecule is C[C@H]1[C@H](F)CN1c1nc(-c2ccc3c(c2)S(=O)(=O)C[C@@H]3NS(C)(=O)=O)c2c(n1)C(F)(F)CC2. The normalized spacial score (nSPS) is 27.2. The zero-order chi connectivity index (χ0) is 23.9. The molecule has 33 heavy (non-hydrogen) atoms. The first kappa shape index (κ1) is 22.5. The summed E-state index contributed by atoms with van der Waals surface area (Å²) < 4.78 is 94.0. The highest BCUT2D eigenvalue weighted by Gasteiger charge is 2.45. The van der Waals surface area contributed by atoms with Crippen molar-refractivity contribution < 1.29 is 30.0 Å². The average Bonchev–Trinajstić information content (AvgIpc) is 3.16. The van der Waals surface area contributed by atoms with Crippen LogP contribution in [0.1, 0.15) is 36.2 Å². The molecule has 3 heterocycles. The number of hydrogen-bond donors (Lipinski definition) is 1. The highest BCUT2D eigenvalue weighted by Crippen LogP contribution is 2.46. The van der Waals surface area contributed by atoms with Crippen LogP contribution < -0.4 is 9.62 Å². The summed E-state index contributed by atoms with van der Waals surface area (Å²) in [5, 5.41) is 0. The van der Waals surface area contributed by atoms with Crippen LogP contribution in [0.4, 0.5) is 19.1 Å². The van der Waals surface area contributed by atoms with E-state index in [2.05, 4.69) is 14.7 Å². The van der Waals surface area contributed by atoms with Crippen LogP contribution in [-0.2, 0) is 32.2 Å². The number of sulfone groups is 1. The summed E-state index contributed by atoms with van der Waals surface area (Å²) in [6, 6.07) is 2.86. The molecule has 0 amide bonds. The standard InChI is InChI=1S/C20H21F3N4O4S2/c1-10-14(21)8-27(10)19-24-17(13-5-6-20(22,23)18(13)25-19)11-3-4-12-15(26-32(2,28)29)9-33(30,31)16(12)7-11/h3-4,7,10,14-15,26H,5-6,8-9H2,1-2H3/t10-,14+,15-/m0/s1. The molecule has 5 rings (SSSR count). The van der Waals surface area contributed by atoms with Crippen LogP contribution in [-0.4, -0.2) is 57.6 Å². The maximum Gasteiger partial charge on any atom is 0.290 e. The minimum absolute atomic E-state index is 0.0115. The Balaban J connectivity index is 1.64. The molecule has 1 saturated heterocycles. The number of benzene rings is 1. The number of alkyl halides is 3. The van der Waals surface area contributed by atoms with E-state index in [9.17, 15) is 30.0 Å². The number of anilines is 1. The number of rotatable bonds is 4. The first-order valence-corrected chi connectivity index (χ1v) is 13.9. The number of aromatic nitrogens is 2. The molecule has 1 fully saturated rings. The predicted octanol–water partition coefficient (Wildman–Crippen LogP) is 2.11. The third-order valence-corrected chi connectivity index (χ3v) is 8.92. The number of hydrogen-bond acceptors (Lipinski definition) is 7. The van der Waals surface area contributed by atoms with E-state index in [4.69, 9.17) is 0 Å². The summed E-state index contributed by atoms with van der Waals surface area (Å²) in [4.78, 5) is 9.93. The molecular weight excluding hydrogens is 481 g/mol. The van der Waals surface area contributed by atoms with Gasteiger partial charge in [0, 0.05) is 17.5 Å². The van der Waals surface area contributed by atoms with Crippen LogP contribution in [0, 0.1) is 0 Å². The minimum Gasteiger partial charge on any atom is -0.332 e. The topological polar surface area (TPSA) is 109 Å². The first-order valence-electron chi connectivity index (χ1n) is 10.3. The third-order valence-electron chi connectivity index (χ3n) is 6.41. The molecular formula is C20H21F3N4O4S2. The van der Waals surface area contributed by atoms with Crippen LogP contribution in [0.3, 0.4) is 0 Å². The van der Waals surface area contributed by atoms with E-state index < -0.39 is 61.9 Å². The van der Waals surface area contributed by atoms with Gasteiger partial charge in [0.05, 0.1) is 41.2 Å². The fraction of sp³-hybridized carbons (Fsp3) is 0.500. The Morgan fingerprint density at radius 1 is 1.24 bits per heavy atom. The van der Waals surface area contributed by atoms with Crippen LogP contribution in [0.2, 0.25) is 0 Å². The molecule has 1 aromatic carbocycles. The molecule has 13 heteroatoms. The van der Waals surface area contributed by atoms with E-state index in [-0.39, 0.29) is 40.6 Å². The Bertz CT molecular complexity index is 1380. The number of halogens is 3. The van der Waals surface area contributed by atoms with Gasteiger partial charge in [-0.15, -0.1) is 0 Å². The molecule has 0 spiro atoms. The van der Waals surface area contributed by atoms with Crippen molar-refractivity contribution in [1.29, 1.82) is 0 Å². The molecule has 0 radical (unpaired) electrons. The van der Waals surface area contributed by atoms with Crippen LogP contribution >= 0.6 is 0 Å². The zero-order valence-electron chi connectivity index (χ0n) is 17.7. The van der Waals surface area contributed by atoms with Crippen LogP contribution in [0.15, 0.2) is 23.1 Å². The number of sulfonamides is 1. The fourth-order valence-electron chi connectivity index (χ4n) is 4.60. The second-order valence-electron chi connectivity index (χ2n) is 8.79. The van der Waals surface area contributed by atoms with Gasteiger partial charge in [0.1, 0.15) is 11.9 Å². The molecule has 0 unspecified atom stereocenters. The van der Waals surface area contributed by atoms with Crippen molar-refractivity contribution >= 4 is 25.8 Å². The van der Waals surface area contributed by atoms with Crippen molar-refractivity contribution in [3.05, 3.63) is 35.0 Å². The Morgan fingerprint density at radius 3 is 2.61 bits per heavy atom. The van der Waals surface area contributed by atoms with Crippen molar-refractivity contribution in [2.24, 2.45) is 0 Å². The van der Waals surface area contributed by atoms with Crippen LogP contribution in [0.5, 0.6) is 0 Å². The summed E-state index contributed by atoms with van der Waals surface area (Å²) in [5.41, 5.74) is 0.586. The van der Waals surface area contributed by atoms with Gasteiger partial charge in [-0.3, -0.25) is 0 Å². The van der Waals surface area contributed by atoms with E-state index in [1.165, 1.54) is 23.1 Å². The Labute approximate surface area is 189 Å². The summed E-state index contributed by atoms with van der Waals surface area (Å²) in [6.45, 7) is 1.60. The maximum atomic E-state index is 14.6. The van der Waals surface area contributed by atoms with Crippen molar-refractivity contribution in [3.63, 3.8) is 0 Å². The van der Waals surface area contributed by atoms with Gasteiger partial charge in [-0.25, -0.2) is 35.9 Å². The van der Waals surface area contributed by atoms with Crippen LogP contribution in [0.25, 0.3) is 11.3 Å². The quantitative estimate of drug-likeness (QED) is 0.682. The summed E-state index contributed by atoms with van der Waals surface area (Å²) >= 11 is 0. The van der Waals surface area contributed by atoms with Gasteiger partial charge in [0.15, 0.2) is 9.84 Å². The Hall–Kier alpha value is -2.25. The summed E-state index contributed by atoms with van der Waals surface area (Å²) in [6.07, 6.45) is -0.605. The number of fused-ring (bicyclic) bond motifs is 2. The summed E-state index contributed by atoms with van der Waals surface area (Å²) in [7, 11) is -7.47. The lowest BCUT2D eigenvalue weighted by molar-refractivity contribution is -0.00598. The molecule has 178 valence electrons. The molecule has 2 aromatic rings. The lowest BCUT2D eigenvalue weighted by atomic mass is 10.0. The van der Waals surface area contributed by atoms with Gasteiger partial charge in [0.2, 0.25) is 16.0 Å². The zero-order valence-corrected chi connectivity index (χ0v) is 19.4. The highest BCUT2D eigenvalue weighted by molar-refractivity contribution is 7.92. The van der Waals surface area contributed by atoms with E-state index in [1.54, 1.807) is 6.92 Å². The molecule has 3 atom stereocenters.